The second kappa shape index (κ2) is 18.5. The highest BCUT2D eigenvalue weighted by Crippen LogP contribution is 2.76. The van der Waals surface area contributed by atoms with Gasteiger partial charge in [0.1, 0.15) is 73.2 Å². The van der Waals surface area contributed by atoms with Gasteiger partial charge in [-0.2, -0.15) is 0 Å². The maximum Gasteiger partial charge on any atom is 0.315 e. The van der Waals surface area contributed by atoms with Crippen molar-refractivity contribution in [2.24, 2.45) is 50.2 Å². The molecule has 0 aromatic carbocycles. The summed E-state index contributed by atoms with van der Waals surface area (Å²) in [6.07, 6.45) is -18.5. The number of fused-ring (bicyclic) bond motifs is 7. The number of carbonyl (C=O) groups excluding carboxylic acids is 1. The minimum absolute atomic E-state index is 0.128. The van der Waals surface area contributed by atoms with E-state index in [-0.39, 0.29) is 39.4 Å². The lowest BCUT2D eigenvalue weighted by Gasteiger charge is -2.71. The molecule has 388 valence electrons. The van der Waals surface area contributed by atoms with Crippen LogP contribution < -0.4 is 0 Å². The summed E-state index contributed by atoms with van der Waals surface area (Å²) in [7, 11) is 0. The smallest absolute Gasteiger partial charge is 0.315 e. The van der Waals surface area contributed by atoms with Crippen molar-refractivity contribution in [1.29, 1.82) is 0 Å². The summed E-state index contributed by atoms with van der Waals surface area (Å²) in [5.41, 5.74) is -2.23. The van der Waals surface area contributed by atoms with Crippen LogP contribution in [-0.2, 0) is 38.0 Å². The first-order valence-corrected chi connectivity index (χ1v) is 24.5. The monoisotopic (exact) mass is 972 g/mol. The van der Waals surface area contributed by atoms with Gasteiger partial charge in [-0.25, -0.2) is 0 Å². The first-order valence-electron chi connectivity index (χ1n) is 24.5. The molecule has 24 unspecified atom stereocenters. The second-order valence-corrected chi connectivity index (χ2v) is 23.3. The summed E-state index contributed by atoms with van der Waals surface area (Å²) < 4.78 is 34.5. The molecule has 8 rings (SSSR count). The zero-order valence-electron chi connectivity index (χ0n) is 39.9. The van der Waals surface area contributed by atoms with Crippen molar-refractivity contribution in [3.63, 3.8) is 0 Å². The normalized spacial score (nSPS) is 53.4. The van der Waals surface area contributed by atoms with E-state index in [0.717, 1.165) is 6.42 Å². The van der Waals surface area contributed by atoms with E-state index in [4.69, 9.17) is 28.4 Å². The first kappa shape index (κ1) is 52.4. The minimum Gasteiger partial charge on any atom is -0.481 e. The van der Waals surface area contributed by atoms with Crippen LogP contribution >= 0.6 is 0 Å². The van der Waals surface area contributed by atoms with Crippen molar-refractivity contribution in [2.45, 2.75) is 204 Å². The van der Waals surface area contributed by atoms with E-state index in [2.05, 4.69) is 40.7 Å². The fourth-order valence-electron chi connectivity index (χ4n) is 14.8. The third-order valence-corrected chi connectivity index (χ3v) is 19.4. The van der Waals surface area contributed by atoms with Crippen LogP contribution in [0.25, 0.3) is 0 Å². The van der Waals surface area contributed by atoms with E-state index in [0.29, 0.717) is 57.8 Å². The molecule has 3 aliphatic heterocycles. The molecular formula is C48H76O20. The lowest BCUT2D eigenvalue weighted by atomic mass is 9.33. The predicted molar refractivity (Wildman–Crippen MR) is 232 cm³/mol. The Kier molecular flexibility index (Phi) is 14.3. The number of carboxylic acid groups (broad SMARTS) is 1. The van der Waals surface area contributed by atoms with Crippen LogP contribution in [0.2, 0.25) is 0 Å². The summed E-state index contributed by atoms with van der Waals surface area (Å²) in [6, 6.07) is 0. The van der Waals surface area contributed by atoms with Gasteiger partial charge in [-0.1, -0.05) is 46.3 Å². The molecule has 8 aliphatic rings. The van der Waals surface area contributed by atoms with E-state index < -0.39 is 141 Å². The maximum atomic E-state index is 15.0. The van der Waals surface area contributed by atoms with E-state index in [9.17, 15) is 70.9 Å². The standard InChI is InChI=1S/C48H76O20/c1-43(2)13-15-48(16-14-45(4)21(22(48)17-43)7-8-26-44(3)11-10-28(51)47(6,41(60)61)27(44)9-12-46(26,45)5)42(62)68-40-35(58)33(56)30(53)25(66-40)20-63-38-36(59)37(31(54)24(19-50)64-38)67-39-34(57)32(55)29(52)23(18-49)65-39/h7,22-40,49-59H,8-20H2,1-6H3,(H,60,61). The molecular weight excluding hydrogens is 897 g/mol. The topological polar surface area (TPSA) is 332 Å². The molecule has 3 heterocycles. The number of hydrogen-bond donors (Lipinski definition) is 12. The molecule has 20 heteroatoms. The Labute approximate surface area is 396 Å². The molecule has 4 saturated carbocycles. The number of esters is 1. The highest BCUT2D eigenvalue weighted by molar-refractivity contribution is 5.79. The number of carbonyl (C=O) groups is 2. The fraction of sp³-hybridized carbons (Fsp3) is 0.917. The molecule has 0 amide bonds. The summed E-state index contributed by atoms with van der Waals surface area (Å²) in [6.45, 7) is 10.7. The van der Waals surface area contributed by atoms with Crippen LogP contribution in [0.4, 0.5) is 0 Å². The molecule has 3 saturated heterocycles. The molecule has 0 bridgehead atoms. The number of aliphatic hydroxyl groups excluding tert-OH is 11. The largest absolute Gasteiger partial charge is 0.481 e. The second-order valence-electron chi connectivity index (χ2n) is 23.3. The fourth-order valence-corrected chi connectivity index (χ4v) is 14.8. The van der Waals surface area contributed by atoms with Crippen molar-refractivity contribution >= 4 is 11.9 Å². The zero-order chi connectivity index (χ0) is 49.8. The Morgan fingerprint density at radius 2 is 1.24 bits per heavy atom. The number of allylic oxidation sites excluding steroid dienone is 2. The minimum atomic E-state index is -1.90. The third-order valence-electron chi connectivity index (χ3n) is 19.4. The maximum absolute atomic E-state index is 15.0. The highest BCUT2D eigenvalue weighted by Gasteiger charge is 2.71. The molecule has 0 aromatic heterocycles. The van der Waals surface area contributed by atoms with Gasteiger partial charge in [-0.3, -0.25) is 9.59 Å². The lowest BCUT2D eigenvalue weighted by molar-refractivity contribution is -0.365. The molecule has 68 heavy (non-hydrogen) atoms. The predicted octanol–water partition coefficient (Wildman–Crippen LogP) is -0.795. The van der Waals surface area contributed by atoms with Gasteiger partial charge in [0, 0.05) is 0 Å². The molecule has 7 fully saturated rings. The molecule has 0 aromatic rings. The Morgan fingerprint density at radius 3 is 1.88 bits per heavy atom. The number of aliphatic carboxylic acids is 1. The van der Waals surface area contributed by atoms with Crippen molar-refractivity contribution < 1.29 is 99.3 Å². The third kappa shape index (κ3) is 8.03. The molecule has 20 nitrogen and oxygen atoms in total. The summed E-state index contributed by atoms with van der Waals surface area (Å²) in [4.78, 5) is 27.8. The van der Waals surface area contributed by atoms with Crippen molar-refractivity contribution in [1.82, 2.24) is 0 Å². The average Bonchev–Trinajstić information content (AvgIpc) is 3.29. The van der Waals surface area contributed by atoms with Crippen LogP contribution in [-0.4, -0.2) is 191 Å². The van der Waals surface area contributed by atoms with E-state index in [1.807, 2.05) is 0 Å². The quantitative estimate of drug-likeness (QED) is 0.0942. The van der Waals surface area contributed by atoms with Gasteiger partial charge < -0.3 is 89.7 Å². The average molecular weight is 973 g/mol. The van der Waals surface area contributed by atoms with Gasteiger partial charge in [-0.05, 0) is 111 Å². The molecule has 0 spiro atoms. The molecule has 5 aliphatic carbocycles. The van der Waals surface area contributed by atoms with E-state index in [1.165, 1.54) is 5.57 Å². The number of aliphatic hydroxyl groups is 11. The van der Waals surface area contributed by atoms with Crippen molar-refractivity contribution in [3.8, 4) is 0 Å². The Balaban J connectivity index is 0.998. The van der Waals surface area contributed by atoms with Gasteiger partial charge in [0.05, 0.1) is 36.8 Å². The van der Waals surface area contributed by atoms with Gasteiger partial charge in [-0.15, -0.1) is 0 Å². The molecule has 12 N–H and O–H groups in total. The van der Waals surface area contributed by atoms with Gasteiger partial charge in [0.15, 0.2) is 12.6 Å². The first-order chi connectivity index (χ1) is 31.8. The number of hydrogen-bond acceptors (Lipinski definition) is 19. The van der Waals surface area contributed by atoms with Crippen LogP contribution in [0.1, 0.15) is 106 Å². The van der Waals surface area contributed by atoms with Crippen LogP contribution in [0.15, 0.2) is 11.6 Å². The summed E-state index contributed by atoms with van der Waals surface area (Å²) in [5.74, 6) is -1.93. The van der Waals surface area contributed by atoms with Crippen molar-refractivity contribution in [2.75, 3.05) is 19.8 Å². The summed E-state index contributed by atoms with van der Waals surface area (Å²) >= 11 is 0. The Hall–Kier alpha value is -1.96. The lowest BCUT2D eigenvalue weighted by Crippen LogP contribution is -2.66. The summed E-state index contributed by atoms with van der Waals surface area (Å²) in [5, 5.41) is 128. The van der Waals surface area contributed by atoms with E-state index in [1.54, 1.807) is 6.92 Å². The SMILES string of the molecule is CC1(C)CCC2(C(=O)OC3OC(COC4OC(CO)C(O)C(OC5OC(CO)C(O)C(O)C5O)C4O)C(O)C(O)C3O)CCC3(C)C(=CCC4C5(C)CCC(O)C(C)(C(=O)O)C5CCC43C)C2C1. The highest BCUT2D eigenvalue weighted by atomic mass is 16.8. The number of carboxylic acids is 1. The Bertz CT molecular complexity index is 1900. The van der Waals surface area contributed by atoms with Crippen LogP contribution in [0.5, 0.6) is 0 Å². The number of rotatable bonds is 10. The molecule has 24 atom stereocenters. The van der Waals surface area contributed by atoms with Crippen LogP contribution in [0, 0.1) is 50.2 Å². The zero-order valence-corrected chi connectivity index (χ0v) is 39.9. The van der Waals surface area contributed by atoms with Gasteiger partial charge >= 0.3 is 11.9 Å². The van der Waals surface area contributed by atoms with Crippen molar-refractivity contribution in [3.05, 3.63) is 11.6 Å². The Morgan fingerprint density at radius 1 is 0.647 bits per heavy atom. The van der Waals surface area contributed by atoms with Gasteiger partial charge in [0.2, 0.25) is 6.29 Å². The van der Waals surface area contributed by atoms with E-state index >= 15 is 0 Å². The van der Waals surface area contributed by atoms with Crippen LogP contribution in [0.3, 0.4) is 0 Å². The molecule has 0 radical (unpaired) electrons. The number of ether oxygens (including phenoxy) is 6. The van der Waals surface area contributed by atoms with Gasteiger partial charge in [0.25, 0.3) is 0 Å².